The van der Waals surface area contributed by atoms with Crippen LogP contribution in [-0.2, 0) is 0 Å². The van der Waals surface area contributed by atoms with Gasteiger partial charge in [-0.05, 0) is 34.1 Å². The zero-order chi connectivity index (χ0) is 15.1. The van der Waals surface area contributed by atoms with Gasteiger partial charge < -0.3 is 10.8 Å². The minimum absolute atomic E-state index is 0.0715. The number of rotatable bonds is 2. The lowest BCUT2D eigenvalue weighted by molar-refractivity contribution is 0.206. The lowest BCUT2D eigenvalue weighted by Gasteiger charge is -2.12. The van der Waals surface area contributed by atoms with Gasteiger partial charge in [0.05, 0.1) is 11.3 Å². The quantitative estimate of drug-likeness (QED) is 0.617. The fourth-order valence-corrected chi connectivity index (χ4v) is 2.41. The number of pyridine rings is 1. The predicted octanol–water partition coefficient (Wildman–Crippen LogP) is 2.66. The molecule has 0 amide bonds. The Balaban J connectivity index is 2.19. The monoisotopic (exact) mass is 354 g/mol. The number of halogens is 3. The van der Waals surface area contributed by atoms with Crippen molar-refractivity contribution in [3.8, 4) is 0 Å². The van der Waals surface area contributed by atoms with Crippen molar-refractivity contribution >= 4 is 32.7 Å². The first-order valence-electron chi connectivity index (χ1n) is 5.90. The predicted molar refractivity (Wildman–Crippen MR) is 76.4 cm³/mol. The second kappa shape index (κ2) is 5.05. The van der Waals surface area contributed by atoms with E-state index in [0.29, 0.717) is 15.5 Å². The standard InChI is InChI=1S/C13H9BrF2N4O/c14-5-3-6-11(19-20-13(6)18-4-5)12(21)9-7(15)1-2-8(17)10(9)16/h1-4,12,21H,17H2,(H,18,19,20). The molecule has 1 atom stereocenters. The van der Waals surface area contributed by atoms with Crippen LogP contribution in [0, 0.1) is 11.6 Å². The number of nitrogens with zero attached hydrogens (tertiary/aromatic N) is 2. The topological polar surface area (TPSA) is 87.8 Å². The van der Waals surface area contributed by atoms with E-state index < -0.39 is 23.3 Å². The molecule has 3 aromatic rings. The third kappa shape index (κ3) is 2.26. The van der Waals surface area contributed by atoms with Crippen molar-refractivity contribution in [1.29, 1.82) is 0 Å². The number of nitrogen functional groups attached to an aromatic ring is 1. The van der Waals surface area contributed by atoms with Gasteiger partial charge in [-0.3, -0.25) is 5.10 Å². The van der Waals surface area contributed by atoms with E-state index in [1.54, 1.807) is 12.3 Å². The molecule has 0 aliphatic rings. The fourth-order valence-electron chi connectivity index (χ4n) is 2.08. The molecule has 8 heteroatoms. The molecule has 1 unspecified atom stereocenters. The average molecular weight is 355 g/mol. The van der Waals surface area contributed by atoms with Gasteiger partial charge in [0.15, 0.2) is 11.5 Å². The number of aliphatic hydroxyl groups is 1. The Morgan fingerprint density at radius 3 is 2.86 bits per heavy atom. The SMILES string of the molecule is Nc1ccc(F)c(C(O)c2n[nH]c3ncc(Br)cc23)c1F. The summed E-state index contributed by atoms with van der Waals surface area (Å²) in [6.07, 6.45) is -0.0587. The molecule has 108 valence electrons. The van der Waals surface area contributed by atoms with Crippen LogP contribution in [0.25, 0.3) is 11.0 Å². The van der Waals surface area contributed by atoms with E-state index in [2.05, 4.69) is 31.1 Å². The van der Waals surface area contributed by atoms with Crippen molar-refractivity contribution in [2.75, 3.05) is 5.73 Å². The number of fused-ring (bicyclic) bond motifs is 1. The van der Waals surface area contributed by atoms with Crippen molar-refractivity contribution in [3.63, 3.8) is 0 Å². The van der Waals surface area contributed by atoms with E-state index in [-0.39, 0.29) is 11.4 Å². The second-order valence-corrected chi connectivity index (χ2v) is 5.34. The van der Waals surface area contributed by atoms with E-state index in [4.69, 9.17) is 5.73 Å². The normalized spacial score (nSPS) is 12.8. The molecule has 0 saturated carbocycles. The maximum absolute atomic E-state index is 14.0. The molecular weight excluding hydrogens is 346 g/mol. The summed E-state index contributed by atoms with van der Waals surface area (Å²) < 4.78 is 28.5. The molecule has 21 heavy (non-hydrogen) atoms. The summed E-state index contributed by atoms with van der Waals surface area (Å²) in [6, 6.07) is 3.74. The van der Waals surface area contributed by atoms with Gasteiger partial charge in [-0.25, -0.2) is 13.8 Å². The first-order chi connectivity index (χ1) is 9.99. The number of H-pyrrole nitrogens is 1. The number of aliphatic hydroxyl groups excluding tert-OH is 1. The van der Waals surface area contributed by atoms with Gasteiger partial charge in [0, 0.05) is 16.1 Å². The third-order valence-electron chi connectivity index (χ3n) is 3.10. The maximum atomic E-state index is 14.0. The smallest absolute Gasteiger partial charge is 0.155 e. The van der Waals surface area contributed by atoms with E-state index in [1.807, 2.05) is 0 Å². The summed E-state index contributed by atoms with van der Waals surface area (Å²) in [5.74, 6) is -1.89. The molecule has 0 radical (unpaired) electrons. The van der Waals surface area contributed by atoms with Crippen LogP contribution in [0.4, 0.5) is 14.5 Å². The van der Waals surface area contributed by atoms with Crippen LogP contribution in [0.15, 0.2) is 28.9 Å². The van der Waals surface area contributed by atoms with Crippen LogP contribution in [-0.4, -0.2) is 20.3 Å². The first-order valence-corrected chi connectivity index (χ1v) is 6.69. The van der Waals surface area contributed by atoms with Crippen molar-refractivity contribution in [2.45, 2.75) is 6.10 Å². The average Bonchev–Trinajstić information content (AvgIpc) is 2.86. The second-order valence-electron chi connectivity index (χ2n) is 4.43. The third-order valence-corrected chi connectivity index (χ3v) is 3.54. The van der Waals surface area contributed by atoms with Crippen LogP contribution in [0.1, 0.15) is 17.4 Å². The number of hydrogen-bond acceptors (Lipinski definition) is 4. The van der Waals surface area contributed by atoms with Crippen molar-refractivity contribution in [1.82, 2.24) is 15.2 Å². The zero-order valence-corrected chi connectivity index (χ0v) is 12.0. The highest BCUT2D eigenvalue weighted by Gasteiger charge is 2.25. The molecule has 2 heterocycles. The van der Waals surface area contributed by atoms with E-state index in [1.165, 1.54) is 0 Å². The highest BCUT2D eigenvalue weighted by Crippen LogP contribution is 2.32. The Kier molecular flexibility index (Phi) is 3.34. The number of benzene rings is 1. The summed E-state index contributed by atoms with van der Waals surface area (Å²) >= 11 is 3.24. The Morgan fingerprint density at radius 1 is 1.33 bits per heavy atom. The van der Waals surface area contributed by atoms with Gasteiger partial charge in [0.1, 0.15) is 17.6 Å². The number of aromatic amines is 1. The van der Waals surface area contributed by atoms with Gasteiger partial charge in [-0.15, -0.1) is 0 Å². The number of nitrogens with two attached hydrogens (primary N) is 1. The fraction of sp³-hybridized carbons (Fsp3) is 0.0769. The largest absolute Gasteiger partial charge is 0.396 e. The Hall–Kier alpha value is -2.06. The van der Waals surface area contributed by atoms with E-state index >= 15 is 0 Å². The van der Waals surface area contributed by atoms with Gasteiger partial charge in [-0.1, -0.05) is 0 Å². The summed E-state index contributed by atoms with van der Waals surface area (Å²) in [7, 11) is 0. The highest BCUT2D eigenvalue weighted by molar-refractivity contribution is 9.10. The number of anilines is 1. The molecule has 0 spiro atoms. The van der Waals surface area contributed by atoms with Crippen LogP contribution >= 0.6 is 15.9 Å². The number of nitrogens with one attached hydrogen (secondary N) is 1. The van der Waals surface area contributed by atoms with Gasteiger partial charge >= 0.3 is 0 Å². The summed E-state index contributed by atoms with van der Waals surface area (Å²) in [5.41, 5.74) is 5.10. The van der Waals surface area contributed by atoms with Crippen molar-refractivity contribution in [2.24, 2.45) is 0 Å². The van der Waals surface area contributed by atoms with Crippen LogP contribution in [0.3, 0.4) is 0 Å². The molecule has 0 saturated heterocycles. The van der Waals surface area contributed by atoms with Gasteiger partial charge in [0.2, 0.25) is 0 Å². The molecular formula is C13H9BrF2N4O. The molecule has 5 nitrogen and oxygen atoms in total. The lowest BCUT2D eigenvalue weighted by Crippen LogP contribution is -2.08. The minimum Gasteiger partial charge on any atom is -0.396 e. The molecule has 0 aliphatic carbocycles. The Morgan fingerprint density at radius 2 is 2.10 bits per heavy atom. The highest BCUT2D eigenvalue weighted by atomic mass is 79.9. The Labute approximate surface area is 125 Å². The summed E-state index contributed by atoms with van der Waals surface area (Å²) in [4.78, 5) is 4.05. The van der Waals surface area contributed by atoms with Crippen LogP contribution in [0.5, 0.6) is 0 Å². The van der Waals surface area contributed by atoms with Gasteiger partial charge in [0.25, 0.3) is 0 Å². The maximum Gasteiger partial charge on any atom is 0.155 e. The number of hydrogen-bond donors (Lipinski definition) is 3. The molecule has 4 N–H and O–H groups in total. The lowest BCUT2D eigenvalue weighted by atomic mass is 10.0. The first kappa shape index (κ1) is 13.9. The molecule has 0 aliphatic heterocycles. The molecule has 2 aromatic heterocycles. The Bertz CT molecular complexity index is 836. The molecule has 1 aromatic carbocycles. The number of aromatic nitrogens is 3. The van der Waals surface area contributed by atoms with Crippen molar-refractivity contribution < 1.29 is 13.9 Å². The van der Waals surface area contributed by atoms with E-state index in [0.717, 1.165) is 12.1 Å². The molecule has 3 rings (SSSR count). The van der Waals surface area contributed by atoms with E-state index in [9.17, 15) is 13.9 Å². The van der Waals surface area contributed by atoms with Crippen molar-refractivity contribution in [3.05, 3.63) is 51.8 Å². The summed E-state index contributed by atoms with van der Waals surface area (Å²) in [6.45, 7) is 0. The van der Waals surface area contributed by atoms with Crippen LogP contribution < -0.4 is 5.73 Å². The molecule has 0 fully saturated rings. The minimum atomic E-state index is -1.60. The zero-order valence-electron chi connectivity index (χ0n) is 10.4. The van der Waals surface area contributed by atoms with Crippen LogP contribution in [0.2, 0.25) is 0 Å². The van der Waals surface area contributed by atoms with Gasteiger partial charge in [-0.2, -0.15) is 5.10 Å². The molecule has 0 bridgehead atoms. The summed E-state index contributed by atoms with van der Waals surface area (Å²) in [5, 5.41) is 17.2.